The molecule has 2 fully saturated rings. The number of anilines is 2. The second-order valence-electron chi connectivity index (χ2n) is 7.71. The van der Waals surface area contributed by atoms with Gasteiger partial charge in [0.15, 0.2) is 0 Å². The first-order valence-electron chi connectivity index (χ1n) is 10.3. The van der Waals surface area contributed by atoms with Crippen molar-refractivity contribution >= 4 is 11.8 Å². The van der Waals surface area contributed by atoms with Crippen molar-refractivity contribution in [1.82, 2.24) is 19.5 Å². The molecule has 0 spiro atoms. The molecule has 0 bridgehead atoms. The van der Waals surface area contributed by atoms with E-state index in [1.807, 2.05) is 30.6 Å². The molecular weight excluding hydrogens is 380 g/mol. The number of rotatable bonds is 4. The van der Waals surface area contributed by atoms with E-state index in [1.165, 1.54) is 24.5 Å². The second kappa shape index (κ2) is 9.04. The van der Waals surface area contributed by atoms with Crippen molar-refractivity contribution in [1.29, 1.82) is 0 Å². The average molecular weight is 406 g/mol. The van der Waals surface area contributed by atoms with Crippen LogP contribution >= 0.6 is 0 Å². The maximum Gasteiger partial charge on any atom is 0.255 e. The Morgan fingerprint density at radius 2 is 1.80 bits per heavy atom. The highest BCUT2D eigenvalue weighted by atomic mass is 16.3. The summed E-state index contributed by atoms with van der Waals surface area (Å²) in [7, 11) is 0. The van der Waals surface area contributed by atoms with Crippen LogP contribution in [-0.4, -0.2) is 36.8 Å². The number of aliphatic hydroxyl groups excluding tert-OH is 1. The number of nitrogens with zero attached hydrogens (tertiary/aromatic N) is 4. The van der Waals surface area contributed by atoms with Crippen molar-refractivity contribution in [2.24, 2.45) is 0 Å². The number of aromatic nitrogens is 4. The molecular formula is C22H26N6O2. The van der Waals surface area contributed by atoms with Crippen LogP contribution in [0.2, 0.25) is 0 Å². The van der Waals surface area contributed by atoms with Gasteiger partial charge in [-0.3, -0.25) is 9.36 Å². The van der Waals surface area contributed by atoms with Crippen LogP contribution in [-0.2, 0) is 0 Å². The Morgan fingerprint density at radius 3 is 2.40 bits per heavy atom. The van der Waals surface area contributed by atoms with Crippen LogP contribution < -0.4 is 16.6 Å². The monoisotopic (exact) mass is 406 g/mol. The Kier molecular flexibility index (Phi) is 6.04. The van der Waals surface area contributed by atoms with Gasteiger partial charge in [-0.15, -0.1) is 0 Å². The SMILES string of the molecule is Nc1ncc(C2CC2)cn1.O=c1ccccn1-c1ccc(NC2CCCC2O)nc1. The van der Waals surface area contributed by atoms with Crippen LogP contribution in [0.5, 0.6) is 0 Å². The minimum absolute atomic E-state index is 0.0767. The summed E-state index contributed by atoms with van der Waals surface area (Å²) >= 11 is 0. The van der Waals surface area contributed by atoms with E-state index in [-0.39, 0.29) is 17.7 Å². The molecule has 3 heterocycles. The third-order valence-corrected chi connectivity index (χ3v) is 5.40. The Bertz CT molecular complexity index is 1010. The molecule has 30 heavy (non-hydrogen) atoms. The lowest BCUT2D eigenvalue weighted by molar-refractivity contribution is 0.171. The summed E-state index contributed by atoms with van der Waals surface area (Å²) in [6.45, 7) is 0. The lowest BCUT2D eigenvalue weighted by atomic mass is 10.2. The molecule has 2 saturated carbocycles. The smallest absolute Gasteiger partial charge is 0.255 e. The quantitative estimate of drug-likeness (QED) is 0.609. The molecule has 8 heteroatoms. The fraction of sp³-hybridized carbons (Fsp3) is 0.364. The van der Waals surface area contributed by atoms with E-state index in [9.17, 15) is 9.90 Å². The Labute approximate surface area is 174 Å². The summed E-state index contributed by atoms with van der Waals surface area (Å²) in [5.41, 5.74) is 7.20. The van der Waals surface area contributed by atoms with Gasteiger partial charge in [0.2, 0.25) is 5.95 Å². The molecule has 2 aliphatic rings. The van der Waals surface area contributed by atoms with E-state index in [4.69, 9.17) is 5.73 Å². The number of nitrogen functional groups attached to an aromatic ring is 1. The van der Waals surface area contributed by atoms with Crippen LogP contribution in [0.15, 0.2) is 59.9 Å². The molecule has 0 aromatic carbocycles. The van der Waals surface area contributed by atoms with E-state index in [0.29, 0.717) is 5.95 Å². The summed E-state index contributed by atoms with van der Waals surface area (Å²) in [4.78, 5) is 23.8. The molecule has 0 radical (unpaired) electrons. The highest BCUT2D eigenvalue weighted by Gasteiger charge is 2.25. The highest BCUT2D eigenvalue weighted by molar-refractivity contribution is 5.42. The van der Waals surface area contributed by atoms with Gasteiger partial charge < -0.3 is 16.2 Å². The fourth-order valence-electron chi connectivity index (χ4n) is 3.53. The van der Waals surface area contributed by atoms with Gasteiger partial charge in [-0.1, -0.05) is 6.07 Å². The number of hydrogen-bond acceptors (Lipinski definition) is 7. The predicted molar refractivity (Wildman–Crippen MR) is 116 cm³/mol. The minimum atomic E-state index is -0.298. The van der Waals surface area contributed by atoms with E-state index < -0.39 is 0 Å². The van der Waals surface area contributed by atoms with Gasteiger partial charge in [0.05, 0.1) is 24.0 Å². The van der Waals surface area contributed by atoms with Gasteiger partial charge in [-0.2, -0.15) is 0 Å². The molecule has 4 N–H and O–H groups in total. The molecule has 8 nitrogen and oxygen atoms in total. The second-order valence-corrected chi connectivity index (χ2v) is 7.71. The third kappa shape index (κ3) is 5.01. The molecule has 0 saturated heterocycles. The number of aliphatic hydroxyl groups is 1. The van der Waals surface area contributed by atoms with Crippen molar-refractivity contribution in [2.45, 2.75) is 50.2 Å². The van der Waals surface area contributed by atoms with Gasteiger partial charge in [-0.25, -0.2) is 15.0 Å². The molecule has 2 aliphatic carbocycles. The largest absolute Gasteiger partial charge is 0.391 e. The minimum Gasteiger partial charge on any atom is -0.391 e. The van der Waals surface area contributed by atoms with Gasteiger partial charge >= 0.3 is 0 Å². The highest BCUT2D eigenvalue weighted by Crippen LogP contribution is 2.39. The zero-order valence-electron chi connectivity index (χ0n) is 16.7. The maximum absolute atomic E-state index is 11.7. The van der Waals surface area contributed by atoms with Crippen molar-refractivity contribution in [3.8, 4) is 5.69 Å². The van der Waals surface area contributed by atoms with Gasteiger partial charge in [0.1, 0.15) is 5.82 Å². The number of pyridine rings is 2. The number of nitrogens with two attached hydrogens (primary N) is 1. The molecule has 0 amide bonds. The van der Waals surface area contributed by atoms with Gasteiger partial charge in [0, 0.05) is 24.7 Å². The normalized spacial score (nSPS) is 20.3. The lowest BCUT2D eigenvalue weighted by Gasteiger charge is -2.17. The first kappa shape index (κ1) is 20.0. The predicted octanol–water partition coefficient (Wildman–Crippen LogP) is 2.49. The zero-order chi connectivity index (χ0) is 20.9. The summed E-state index contributed by atoms with van der Waals surface area (Å²) in [5.74, 6) is 1.81. The first-order chi connectivity index (χ1) is 14.6. The third-order valence-electron chi connectivity index (χ3n) is 5.40. The zero-order valence-corrected chi connectivity index (χ0v) is 16.7. The van der Waals surface area contributed by atoms with Crippen LogP contribution in [0, 0.1) is 0 Å². The molecule has 156 valence electrons. The molecule has 5 rings (SSSR count). The van der Waals surface area contributed by atoms with E-state index in [1.54, 1.807) is 23.0 Å². The standard InChI is InChI=1S/C15H17N3O2.C7H9N3/c19-13-5-3-4-12(13)17-14-8-7-11(10-16-14)18-9-2-1-6-15(18)20;8-7-9-3-6(4-10-7)5-1-2-5/h1-2,6-10,12-13,19H,3-5H2,(H,16,17);3-5H,1-2H2,(H2,8,9,10). The van der Waals surface area contributed by atoms with Crippen LogP contribution in [0.1, 0.15) is 43.6 Å². The fourth-order valence-corrected chi connectivity index (χ4v) is 3.53. The Hall–Kier alpha value is -3.26. The molecule has 3 aromatic rings. The van der Waals surface area contributed by atoms with Gasteiger partial charge in [0.25, 0.3) is 5.56 Å². The molecule has 0 aliphatic heterocycles. The van der Waals surface area contributed by atoms with Crippen molar-refractivity contribution in [3.05, 3.63) is 71.0 Å². The summed E-state index contributed by atoms with van der Waals surface area (Å²) in [6, 6.07) is 8.79. The summed E-state index contributed by atoms with van der Waals surface area (Å²) < 4.78 is 1.54. The van der Waals surface area contributed by atoms with Crippen LogP contribution in [0.4, 0.5) is 11.8 Å². The topological polar surface area (TPSA) is 119 Å². The first-order valence-corrected chi connectivity index (χ1v) is 10.3. The van der Waals surface area contributed by atoms with Crippen LogP contribution in [0.3, 0.4) is 0 Å². The van der Waals surface area contributed by atoms with Crippen LogP contribution in [0.25, 0.3) is 5.69 Å². The number of nitrogens with one attached hydrogen (secondary N) is 1. The summed E-state index contributed by atoms with van der Waals surface area (Å²) in [5, 5.41) is 13.0. The maximum atomic E-state index is 11.7. The van der Waals surface area contributed by atoms with Crippen molar-refractivity contribution in [3.63, 3.8) is 0 Å². The summed E-state index contributed by atoms with van der Waals surface area (Å²) in [6.07, 6.45) is 12.1. The van der Waals surface area contributed by atoms with Gasteiger partial charge in [-0.05, 0) is 61.8 Å². The number of hydrogen-bond donors (Lipinski definition) is 3. The molecule has 2 atom stereocenters. The Morgan fingerprint density at radius 1 is 1.00 bits per heavy atom. The average Bonchev–Trinajstić information content (AvgIpc) is 3.53. The van der Waals surface area contributed by atoms with Crippen molar-refractivity contribution in [2.75, 3.05) is 11.1 Å². The Balaban J connectivity index is 0.000000181. The van der Waals surface area contributed by atoms with E-state index in [0.717, 1.165) is 36.7 Å². The van der Waals surface area contributed by atoms with E-state index >= 15 is 0 Å². The molecule has 2 unspecified atom stereocenters. The van der Waals surface area contributed by atoms with E-state index in [2.05, 4.69) is 20.3 Å². The lowest BCUT2D eigenvalue weighted by Crippen LogP contribution is -2.28. The van der Waals surface area contributed by atoms with Crippen molar-refractivity contribution < 1.29 is 5.11 Å². The molecule has 3 aromatic heterocycles.